The normalized spacial score (nSPS) is 24.5. The van der Waals surface area contributed by atoms with Crippen LogP contribution >= 0.6 is 11.3 Å². The molecule has 2 atom stereocenters. The van der Waals surface area contributed by atoms with Gasteiger partial charge in [-0.1, -0.05) is 33.1 Å². The van der Waals surface area contributed by atoms with Crippen LogP contribution in [0.3, 0.4) is 0 Å². The predicted octanol–water partition coefficient (Wildman–Crippen LogP) is 3.56. The lowest BCUT2D eigenvalue weighted by molar-refractivity contribution is 0.282. The Kier molecular flexibility index (Phi) is 5.03. The second-order valence-electron chi connectivity index (χ2n) is 5.25. The molecule has 0 aromatic carbocycles. The Labute approximate surface area is 120 Å². The average Bonchev–Trinajstić information content (AvgIpc) is 2.88. The fraction of sp³-hybridized carbons (Fsp3) is 0.714. The van der Waals surface area contributed by atoms with Gasteiger partial charge in [-0.05, 0) is 37.3 Å². The third-order valence-electron chi connectivity index (χ3n) is 3.99. The molecule has 2 unspecified atom stereocenters. The Balaban J connectivity index is 2.11. The quantitative estimate of drug-likeness (QED) is 0.904. The van der Waals surface area contributed by atoms with Crippen molar-refractivity contribution in [2.75, 3.05) is 0 Å². The molecular formula is C14H23NO2S2. The first-order valence-corrected chi connectivity index (χ1v) is 9.47. The third-order valence-corrected chi connectivity index (χ3v) is 7.20. The van der Waals surface area contributed by atoms with Gasteiger partial charge in [0.2, 0.25) is 10.0 Å². The summed E-state index contributed by atoms with van der Waals surface area (Å²) in [7, 11) is -3.32. The molecule has 1 heterocycles. The summed E-state index contributed by atoms with van der Waals surface area (Å²) in [5, 5.41) is 0. The first-order valence-electron chi connectivity index (χ1n) is 7.18. The molecular weight excluding hydrogens is 278 g/mol. The fourth-order valence-corrected chi connectivity index (χ4v) is 5.45. The van der Waals surface area contributed by atoms with E-state index < -0.39 is 10.0 Å². The molecule has 0 spiro atoms. The minimum absolute atomic E-state index is 0.121. The van der Waals surface area contributed by atoms with Crippen molar-refractivity contribution >= 4 is 21.4 Å². The fourth-order valence-electron chi connectivity index (χ4n) is 2.80. The van der Waals surface area contributed by atoms with Crippen molar-refractivity contribution in [1.82, 2.24) is 4.72 Å². The molecule has 3 nitrogen and oxygen atoms in total. The summed E-state index contributed by atoms with van der Waals surface area (Å²) in [6.45, 7) is 4.20. The molecule has 1 aromatic heterocycles. The smallest absolute Gasteiger partial charge is 0.207 e. The minimum Gasteiger partial charge on any atom is -0.207 e. The van der Waals surface area contributed by atoms with Crippen LogP contribution in [0.4, 0.5) is 0 Å². The largest absolute Gasteiger partial charge is 0.250 e. The maximum Gasteiger partial charge on any atom is 0.250 e. The zero-order valence-electron chi connectivity index (χ0n) is 11.7. The SMILES string of the molecule is CCc1ccc(S(=O)(=O)NC2CCCCC2CC)s1. The van der Waals surface area contributed by atoms with E-state index in [1.807, 2.05) is 13.0 Å². The highest BCUT2D eigenvalue weighted by molar-refractivity contribution is 7.91. The molecule has 1 saturated carbocycles. The number of rotatable bonds is 5. The van der Waals surface area contributed by atoms with Crippen LogP contribution in [0.15, 0.2) is 16.3 Å². The number of hydrogen-bond acceptors (Lipinski definition) is 3. The Morgan fingerprint density at radius 3 is 2.63 bits per heavy atom. The van der Waals surface area contributed by atoms with Crippen LogP contribution in [0.25, 0.3) is 0 Å². The predicted molar refractivity (Wildman–Crippen MR) is 80.1 cm³/mol. The van der Waals surface area contributed by atoms with Gasteiger partial charge >= 0.3 is 0 Å². The minimum atomic E-state index is -3.32. The van der Waals surface area contributed by atoms with Crippen LogP contribution in [-0.2, 0) is 16.4 Å². The van der Waals surface area contributed by atoms with E-state index in [0.29, 0.717) is 10.1 Å². The van der Waals surface area contributed by atoms with Gasteiger partial charge in [-0.15, -0.1) is 11.3 Å². The molecule has 1 aliphatic rings. The van der Waals surface area contributed by atoms with Crippen molar-refractivity contribution < 1.29 is 8.42 Å². The van der Waals surface area contributed by atoms with E-state index in [9.17, 15) is 8.42 Å². The monoisotopic (exact) mass is 301 g/mol. The van der Waals surface area contributed by atoms with Gasteiger partial charge in [0, 0.05) is 10.9 Å². The van der Waals surface area contributed by atoms with Gasteiger partial charge in [-0.2, -0.15) is 0 Å². The van der Waals surface area contributed by atoms with E-state index in [0.717, 1.165) is 37.0 Å². The lowest BCUT2D eigenvalue weighted by atomic mass is 9.83. The topological polar surface area (TPSA) is 46.2 Å². The molecule has 0 amide bonds. The Hall–Kier alpha value is -0.390. The van der Waals surface area contributed by atoms with Crippen molar-refractivity contribution in [2.45, 2.75) is 62.6 Å². The summed E-state index contributed by atoms with van der Waals surface area (Å²) in [5.41, 5.74) is 0. The molecule has 0 bridgehead atoms. The van der Waals surface area contributed by atoms with Crippen LogP contribution in [0.5, 0.6) is 0 Å². The van der Waals surface area contributed by atoms with Crippen molar-refractivity contribution in [1.29, 1.82) is 0 Å². The summed E-state index contributed by atoms with van der Waals surface area (Å²) in [4.78, 5) is 1.12. The van der Waals surface area contributed by atoms with E-state index >= 15 is 0 Å². The summed E-state index contributed by atoms with van der Waals surface area (Å²) in [6, 6.07) is 3.77. The molecule has 0 radical (unpaired) electrons. The van der Waals surface area contributed by atoms with E-state index in [1.165, 1.54) is 17.8 Å². The maximum atomic E-state index is 12.4. The molecule has 1 fully saturated rings. The highest BCUT2D eigenvalue weighted by atomic mass is 32.2. The molecule has 19 heavy (non-hydrogen) atoms. The maximum absolute atomic E-state index is 12.4. The highest BCUT2D eigenvalue weighted by Crippen LogP contribution is 2.29. The molecule has 5 heteroatoms. The van der Waals surface area contributed by atoms with Gasteiger partial charge in [-0.3, -0.25) is 0 Å². The van der Waals surface area contributed by atoms with Crippen molar-refractivity contribution in [3.8, 4) is 0 Å². The zero-order valence-corrected chi connectivity index (χ0v) is 13.3. The molecule has 0 saturated heterocycles. The van der Waals surface area contributed by atoms with Gasteiger partial charge in [0.05, 0.1) is 0 Å². The molecule has 1 N–H and O–H groups in total. The second-order valence-corrected chi connectivity index (χ2v) is 8.36. The van der Waals surface area contributed by atoms with Crippen molar-refractivity contribution in [2.24, 2.45) is 5.92 Å². The summed E-state index contributed by atoms with van der Waals surface area (Å²) < 4.78 is 28.2. The second kappa shape index (κ2) is 6.37. The molecule has 0 aliphatic heterocycles. The van der Waals surface area contributed by atoms with Crippen LogP contribution in [0.1, 0.15) is 50.8 Å². The van der Waals surface area contributed by atoms with Crippen LogP contribution in [0.2, 0.25) is 0 Å². The van der Waals surface area contributed by atoms with Gasteiger partial charge < -0.3 is 0 Å². The number of thiophene rings is 1. The van der Waals surface area contributed by atoms with Gasteiger partial charge in [0.15, 0.2) is 0 Å². The lowest BCUT2D eigenvalue weighted by Crippen LogP contribution is -2.41. The summed E-state index contributed by atoms with van der Waals surface area (Å²) in [5.74, 6) is 0.495. The van der Waals surface area contributed by atoms with Crippen molar-refractivity contribution in [3.63, 3.8) is 0 Å². The van der Waals surface area contributed by atoms with Gasteiger partial charge in [0.1, 0.15) is 4.21 Å². The molecule has 108 valence electrons. The Bertz CT molecular complexity index is 507. The van der Waals surface area contributed by atoms with Gasteiger partial charge in [0.25, 0.3) is 0 Å². The first-order chi connectivity index (χ1) is 9.06. The number of nitrogens with one attached hydrogen (secondary N) is 1. The number of aryl methyl sites for hydroxylation is 1. The van der Waals surface area contributed by atoms with E-state index in [4.69, 9.17) is 0 Å². The van der Waals surface area contributed by atoms with Crippen molar-refractivity contribution in [3.05, 3.63) is 17.0 Å². The van der Waals surface area contributed by atoms with Crippen LogP contribution < -0.4 is 4.72 Å². The van der Waals surface area contributed by atoms with Crippen LogP contribution in [0, 0.1) is 5.92 Å². The first kappa shape index (κ1) is 15.0. The molecule has 1 aromatic rings. The summed E-state index contributed by atoms with van der Waals surface area (Å²) >= 11 is 1.39. The molecule has 1 aliphatic carbocycles. The van der Waals surface area contributed by atoms with E-state index in [1.54, 1.807) is 6.07 Å². The van der Waals surface area contributed by atoms with E-state index in [-0.39, 0.29) is 6.04 Å². The lowest BCUT2D eigenvalue weighted by Gasteiger charge is -2.31. The van der Waals surface area contributed by atoms with Gasteiger partial charge in [-0.25, -0.2) is 13.1 Å². The highest BCUT2D eigenvalue weighted by Gasteiger charge is 2.28. The average molecular weight is 301 g/mol. The Morgan fingerprint density at radius 2 is 2.00 bits per heavy atom. The number of sulfonamides is 1. The van der Waals surface area contributed by atoms with E-state index in [2.05, 4.69) is 11.6 Å². The summed E-state index contributed by atoms with van der Waals surface area (Å²) in [6.07, 6.45) is 6.43. The Morgan fingerprint density at radius 1 is 1.26 bits per heavy atom. The molecule has 2 rings (SSSR count). The zero-order chi connectivity index (χ0) is 13.9. The number of hydrogen-bond donors (Lipinski definition) is 1. The third kappa shape index (κ3) is 3.58. The standard InChI is InChI=1S/C14H23NO2S2/c1-3-11-7-5-6-8-13(11)15-19(16,17)14-10-9-12(4-2)18-14/h9-11,13,15H,3-8H2,1-2H3. The van der Waals surface area contributed by atoms with Crippen LogP contribution in [-0.4, -0.2) is 14.5 Å².